The predicted octanol–water partition coefficient (Wildman–Crippen LogP) is 3.76. The maximum atomic E-state index is 13.1. The summed E-state index contributed by atoms with van der Waals surface area (Å²) < 4.78 is 33.3. The molecule has 1 aliphatic heterocycles. The lowest BCUT2D eigenvalue weighted by Crippen LogP contribution is -2.48. The summed E-state index contributed by atoms with van der Waals surface area (Å²) in [5.74, 6) is -1.16. The molecule has 1 fully saturated rings. The third-order valence-corrected chi connectivity index (χ3v) is 8.43. The number of carbonyl (C=O) groups is 2. The van der Waals surface area contributed by atoms with Gasteiger partial charge in [0, 0.05) is 30.0 Å². The molecule has 0 radical (unpaired) electrons. The van der Waals surface area contributed by atoms with Crippen LogP contribution >= 0.6 is 0 Å². The SMILES string of the molecule is Cc1c(C(=O)NNC(=O)C2CCN(S(=O)(=O)c3ccc4ccccc4c3)CC2)oc2ccccc12. The van der Waals surface area contributed by atoms with Gasteiger partial charge in [-0.1, -0.05) is 48.5 Å². The number of fused-ring (bicyclic) bond motifs is 2. The van der Waals surface area contributed by atoms with Gasteiger partial charge in [0.1, 0.15) is 5.58 Å². The molecule has 2 amide bonds. The number of nitrogens with zero attached hydrogens (tertiary/aromatic N) is 1. The summed E-state index contributed by atoms with van der Waals surface area (Å²) in [4.78, 5) is 25.4. The quantitative estimate of drug-likeness (QED) is 0.423. The number of rotatable bonds is 4. The first-order valence-corrected chi connectivity index (χ1v) is 12.9. The number of furan rings is 1. The van der Waals surface area contributed by atoms with Gasteiger partial charge in [-0.25, -0.2) is 8.42 Å². The summed E-state index contributed by atoms with van der Waals surface area (Å²) in [5, 5.41) is 2.67. The fraction of sp³-hybridized carbons (Fsp3) is 0.231. The molecule has 1 aromatic heterocycles. The molecule has 0 unspecified atom stereocenters. The summed E-state index contributed by atoms with van der Waals surface area (Å²) in [6, 6.07) is 20.0. The summed E-state index contributed by atoms with van der Waals surface area (Å²) >= 11 is 0. The van der Waals surface area contributed by atoms with E-state index in [4.69, 9.17) is 4.42 Å². The Morgan fingerprint density at radius 2 is 1.60 bits per heavy atom. The van der Waals surface area contributed by atoms with Crippen molar-refractivity contribution < 1.29 is 22.4 Å². The number of aryl methyl sites for hydroxylation is 1. The van der Waals surface area contributed by atoms with E-state index in [2.05, 4.69) is 10.9 Å². The Hall–Kier alpha value is -3.69. The monoisotopic (exact) mass is 491 g/mol. The van der Waals surface area contributed by atoms with Gasteiger partial charge in [0.05, 0.1) is 4.90 Å². The molecule has 8 nitrogen and oxygen atoms in total. The van der Waals surface area contributed by atoms with Crippen LogP contribution in [0.25, 0.3) is 21.7 Å². The fourth-order valence-electron chi connectivity index (χ4n) is 4.50. The first-order valence-electron chi connectivity index (χ1n) is 11.4. The number of benzene rings is 3. The van der Waals surface area contributed by atoms with Gasteiger partial charge < -0.3 is 4.42 Å². The van der Waals surface area contributed by atoms with Crippen LogP contribution in [0.3, 0.4) is 0 Å². The van der Waals surface area contributed by atoms with E-state index in [1.54, 1.807) is 31.2 Å². The van der Waals surface area contributed by atoms with Gasteiger partial charge in [-0.2, -0.15) is 4.31 Å². The van der Waals surface area contributed by atoms with E-state index in [0.29, 0.717) is 24.0 Å². The second-order valence-electron chi connectivity index (χ2n) is 8.68. The van der Waals surface area contributed by atoms with Crippen LogP contribution in [0.5, 0.6) is 0 Å². The maximum absolute atomic E-state index is 13.1. The second-order valence-corrected chi connectivity index (χ2v) is 10.6. The highest BCUT2D eigenvalue weighted by atomic mass is 32.2. The van der Waals surface area contributed by atoms with Crippen molar-refractivity contribution in [3.8, 4) is 0 Å². The van der Waals surface area contributed by atoms with E-state index in [1.807, 2.05) is 42.5 Å². The normalized spacial score (nSPS) is 15.3. The van der Waals surface area contributed by atoms with Crippen molar-refractivity contribution in [3.05, 3.63) is 78.1 Å². The molecule has 0 atom stereocenters. The fourth-order valence-corrected chi connectivity index (χ4v) is 6.01. The highest BCUT2D eigenvalue weighted by Crippen LogP contribution is 2.27. The van der Waals surface area contributed by atoms with Gasteiger partial charge in [0.2, 0.25) is 15.9 Å². The van der Waals surface area contributed by atoms with Crippen LogP contribution in [0.15, 0.2) is 76.0 Å². The zero-order chi connectivity index (χ0) is 24.6. The topological polar surface area (TPSA) is 109 Å². The van der Waals surface area contributed by atoms with Crippen LogP contribution in [-0.4, -0.2) is 37.6 Å². The molecular formula is C26H25N3O5S. The molecule has 1 aliphatic rings. The predicted molar refractivity (Wildman–Crippen MR) is 132 cm³/mol. The Morgan fingerprint density at radius 3 is 2.34 bits per heavy atom. The molecule has 0 bridgehead atoms. The molecule has 0 saturated carbocycles. The Kier molecular flexibility index (Phi) is 6.04. The number of hydrazine groups is 1. The third-order valence-electron chi connectivity index (χ3n) is 6.53. The first kappa shape index (κ1) is 23.1. The minimum atomic E-state index is -3.66. The number of sulfonamides is 1. The molecular weight excluding hydrogens is 466 g/mol. The van der Waals surface area contributed by atoms with E-state index in [9.17, 15) is 18.0 Å². The van der Waals surface area contributed by atoms with Crippen molar-refractivity contribution >= 4 is 43.6 Å². The highest BCUT2D eigenvalue weighted by molar-refractivity contribution is 7.89. The molecule has 0 spiro atoms. The van der Waals surface area contributed by atoms with E-state index in [0.717, 1.165) is 16.2 Å². The molecule has 5 rings (SSSR count). The van der Waals surface area contributed by atoms with Gasteiger partial charge in [0.25, 0.3) is 0 Å². The molecule has 2 N–H and O–H groups in total. The Labute approximate surface area is 202 Å². The van der Waals surface area contributed by atoms with Crippen LogP contribution in [0.2, 0.25) is 0 Å². The van der Waals surface area contributed by atoms with Gasteiger partial charge in [-0.05, 0) is 48.7 Å². The smallest absolute Gasteiger partial charge is 0.305 e. The highest BCUT2D eigenvalue weighted by Gasteiger charge is 2.32. The van der Waals surface area contributed by atoms with Crippen LogP contribution in [0, 0.1) is 12.8 Å². The molecule has 3 aromatic carbocycles. The molecule has 0 aliphatic carbocycles. The summed E-state index contributed by atoms with van der Waals surface area (Å²) in [7, 11) is -3.66. The Balaban J connectivity index is 1.19. The molecule has 35 heavy (non-hydrogen) atoms. The van der Waals surface area contributed by atoms with Crippen molar-refractivity contribution in [3.63, 3.8) is 0 Å². The van der Waals surface area contributed by atoms with E-state index in [1.165, 1.54) is 4.31 Å². The summed E-state index contributed by atoms with van der Waals surface area (Å²) in [5.41, 5.74) is 6.17. The number of piperidine rings is 1. The average Bonchev–Trinajstić information content (AvgIpc) is 3.23. The molecule has 2 heterocycles. The Bertz CT molecular complexity index is 1540. The summed E-state index contributed by atoms with van der Waals surface area (Å²) in [6.07, 6.45) is 0.719. The lowest BCUT2D eigenvalue weighted by molar-refractivity contribution is -0.126. The van der Waals surface area contributed by atoms with Crippen molar-refractivity contribution in [1.82, 2.24) is 15.2 Å². The van der Waals surface area contributed by atoms with Crippen LogP contribution in [-0.2, 0) is 14.8 Å². The van der Waals surface area contributed by atoms with E-state index < -0.39 is 21.8 Å². The van der Waals surface area contributed by atoms with Crippen LogP contribution in [0.4, 0.5) is 0 Å². The zero-order valence-corrected chi connectivity index (χ0v) is 20.0. The molecule has 1 saturated heterocycles. The molecule has 180 valence electrons. The Morgan fingerprint density at radius 1 is 0.914 bits per heavy atom. The van der Waals surface area contributed by atoms with Gasteiger partial charge in [0.15, 0.2) is 5.76 Å². The number of hydrogen-bond donors (Lipinski definition) is 2. The lowest BCUT2D eigenvalue weighted by Gasteiger charge is -2.30. The lowest BCUT2D eigenvalue weighted by atomic mass is 9.98. The standard InChI is InChI=1S/C26H25N3O5S/c1-17-22-8-4-5-9-23(22)34-24(17)26(31)28-27-25(30)19-12-14-29(15-13-19)35(32,33)21-11-10-18-6-2-3-7-20(18)16-21/h2-11,16,19H,12-15H2,1H3,(H,27,30)(H,28,31). The second kappa shape index (κ2) is 9.16. The van der Waals surface area contributed by atoms with Crippen molar-refractivity contribution in [2.24, 2.45) is 5.92 Å². The number of amides is 2. The van der Waals surface area contributed by atoms with E-state index in [-0.39, 0.29) is 29.7 Å². The number of carbonyl (C=O) groups excluding carboxylic acids is 2. The average molecular weight is 492 g/mol. The third kappa shape index (κ3) is 4.40. The van der Waals surface area contributed by atoms with Crippen LogP contribution in [0.1, 0.15) is 29.0 Å². The van der Waals surface area contributed by atoms with E-state index >= 15 is 0 Å². The van der Waals surface area contributed by atoms with Crippen molar-refractivity contribution in [2.75, 3.05) is 13.1 Å². The van der Waals surface area contributed by atoms with Crippen molar-refractivity contribution in [1.29, 1.82) is 0 Å². The minimum absolute atomic E-state index is 0.141. The maximum Gasteiger partial charge on any atom is 0.305 e. The van der Waals surface area contributed by atoms with Gasteiger partial charge in [-0.3, -0.25) is 20.4 Å². The number of nitrogens with one attached hydrogen (secondary N) is 2. The zero-order valence-electron chi connectivity index (χ0n) is 19.2. The van der Waals surface area contributed by atoms with Gasteiger partial charge in [-0.15, -0.1) is 0 Å². The largest absolute Gasteiger partial charge is 0.451 e. The summed E-state index contributed by atoms with van der Waals surface area (Å²) in [6.45, 7) is 2.24. The first-order chi connectivity index (χ1) is 16.8. The number of hydrogen-bond acceptors (Lipinski definition) is 5. The van der Waals surface area contributed by atoms with Crippen LogP contribution < -0.4 is 10.9 Å². The van der Waals surface area contributed by atoms with Crippen molar-refractivity contribution in [2.45, 2.75) is 24.7 Å². The molecule has 4 aromatic rings. The molecule has 9 heteroatoms. The van der Waals surface area contributed by atoms with Gasteiger partial charge >= 0.3 is 5.91 Å². The number of para-hydroxylation sites is 1. The minimum Gasteiger partial charge on any atom is -0.451 e.